The summed E-state index contributed by atoms with van der Waals surface area (Å²) in [6, 6.07) is 4.21. The second-order valence-corrected chi connectivity index (χ2v) is 3.11. The molecule has 0 amide bonds. The molecule has 12 heavy (non-hydrogen) atoms. The summed E-state index contributed by atoms with van der Waals surface area (Å²) in [6.07, 6.45) is 0.812. The Bertz CT molecular complexity index is 299. The molecule has 0 saturated carbocycles. The van der Waals surface area contributed by atoms with Crippen LogP contribution in [-0.4, -0.2) is 6.29 Å². The van der Waals surface area contributed by atoms with Crippen LogP contribution in [-0.2, 0) is 4.79 Å². The van der Waals surface area contributed by atoms with Crippen LogP contribution >= 0.6 is 12.6 Å². The number of thiol groups is 1. The van der Waals surface area contributed by atoms with Crippen molar-refractivity contribution in [3.63, 3.8) is 0 Å². The smallest absolute Gasteiger partial charge is 0.127 e. The second kappa shape index (κ2) is 3.72. The van der Waals surface area contributed by atoms with E-state index in [-0.39, 0.29) is 11.7 Å². The molecule has 0 N–H and O–H groups in total. The fourth-order valence-corrected chi connectivity index (χ4v) is 1.38. The van der Waals surface area contributed by atoms with Gasteiger partial charge < -0.3 is 4.79 Å². The molecule has 0 aliphatic heterocycles. The Balaban J connectivity index is 3.09. The lowest BCUT2D eigenvalue weighted by atomic mass is 10.0. The third-order valence-corrected chi connectivity index (χ3v) is 2.07. The van der Waals surface area contributed by atoms with Gasteiger partial charge in [-0.1, -0.05) is 13.0 Å². The SMILES string of the molecule is CC(C=O)c1ccc(F)cc1S. The van der Waals surface area contributed by atoms with Crippen molar-refractivity contribution >= 4 is 18.9 Å². The van der Waals surface area contributed by atoms with Crippen LogP contribution in [0.5, 0.6) is 0 Å². The minimum atomic E-state index is -0.332. The van der Waals surface area contributed by atoms with Gasteiger partial charge in [-0.25, -0.2) is 4.39 Å². The van der Waals surface area contributed by atoms with Gasteiger partial charge in [-0.05, 0) is 17.7 Å². The Morgan fingerprint density at radius 1 is 1.58 bits per heavy atom. The zero-order valence-corrected chi connectivity index (χ0v) is 7.51. The zero-order valence-electron chi connectivity index (χ0n) is 6.62. The summed E-state index contributed by atoms with van der Waals surface area (Å²) in [5.74, 6) is -0.556. The summed E-state index contributed by atoms with van der Waals surface area (Å²) in [6.45, 7) is 1.75. The number of carbonyl (C=O) groups is 1. The number of hydrogen-bond donors (Lipinski definition) is 1. The molecule has 0 fully saturated rings. The molecule has 0 heterocycles. The van der Waals surface area contributed by atoms with E-state index in [1.54, 1.807) is 13.0 Å². The first-order valence-corrected chi connectivity index (χ1v) is 4.03. The van der Waals surface area contributed by atoms with E-state index in [4.69, 9.17) is 0 Å². The van der Waals surface area contributed by atoms with Gasteiger partial charge in [0.1, 0.15) is 12.1 Å². The number of hydrogen-bond acceptors (Lipinski definition) is 2. The number of rotatable bonds is 2. The van der Waals surface area contributed by atoms with Crippen molar-refractivity contribution in [1.29, 1.82) is 0 Å². The van der Waals surface area contributed by atoms with E-state index >= 15 is 0 Å². The molecule has 1 nitrogen and oxygen atoms in total. The van der Waals surface area contributed by atoms with Crippen molar-refractivity contribution in [1.82, 2.24) is 0 Å². The fraction of sp³-hybridized carbons (Fsp3) is 0.222. The maximum absolute atomic E-state index is 12.6. The molecule has 64 valence electrons. The quantitative estimate of drug-likeness (QED) is 0.551. The molecule has 1 atom stereocenters. The highest BCUT2D eigenvalue weighted by molar-refractivity contribution is 7.80. The molecule has 0 spiro atoms. The summed E-state index contributed by atoms with van der Waals surface area (Å²) < 4.78 is 12.6. The van der Waals surface area contributed by atoms with E-state index in [1.807, 2.05) is 0 Å². The molecule has 1 aromatic rings. The first kappa shape index (κ1) is 9.26. The standard InChI is InChI=1S/C9H9FOS/c1-6(5-11)8-3-2-7(10)4-9(8)12/h2-6,12H,1H3. The molecule has 1 unspecified atom stereocenters. The maximum atomic E-state index is 12.6. The molecule has 0 aliphatic rings. The molecular formula is C9H9FOS. The van der Waals surface area contributed by atoms with Gasteiger partial charge in [0, 0.05) is 10.8 Å². The Hall–Kier alpha value is -0.830. The number of aldehydes is 1. The van der Waals surface area contributed by atoms with Gasteiger partial charge in [-0.2, -0.15) is 0 Å². The van der Waals surface area contributed by atoms with Gasteiger partial charge in [0.15, 0.2) is 0 Å². The summed E-state index contributed by atoms with van der Waals surface area (Å²) >= 11 is 4.06. The third-order valence-electron chi connectivity index (χ3n) is 1.69. The van der Waals surface area contributed by atoms with Gasteiger partial charge >= 0.3 is 0 Å². The highest BCUT2D eigenvalue weighted by Gasteiger charge is 2.07. The molecule has 0 aromatic heterocycles. The highest BCUT2D eigenvalue weighted by atomic mass is 32.1. The Labute approximate surface area is 76.0 Å². The average Bonchev–Trinajstić information content (AvgIpc) is 2.03. The van der Waals surface area contributed by atoms with Crippen molar-refractivity contribution < 1.29 is 9.18 Å². The highest BCUT2D eigenvalue weighted by Crippen LogP contribution is 2.22. The van der Waals surface area contributed by atoms with E-state index in [9.17, 15) is 9.18 Å². The minimum absolute atomic E-state index is 0.224. The van der Waals surface area contributed by atoms with Crippen molar-refractivity contribution in [3.8, 4) is 0 Å². The predicted octanol–water partition coefficient (Wildman–Crippen LogP) is 2.42. The van der Waals surface area contributed by atoms with Crippen molar-refractivity contribution in [3.05, 3.63) is 29.6 Å². The summed E-state index contributed by atoms with van der Waals surface area (Å²) in [5.41, 5.74) is 0.759. The van der Waals surface area contributed by atoms with Gasteiger partial charge in [0.05, 0.1) is 0 Å². The Kier molecular flexibility index (Phi) is 2.87. The Morgan fingerprint density at radius 2 is 2.25 bits per heavy atom. The van der Waals surface area contributed by atoms with Crippen LogP contribution in [0, 0.1) is 5.82 Å². The van der Waals surface area contributed by atoms with Gasteiger partial charge in [0.25, 0.3) is 0 Å². The lowest BCUT2D eigenvalue weighted by Gasteiger charge is -2.06. The van der Waals surface area contributed by atoms with Gasteiger partial charge in [0.2, 0.25) is 0 Å². The maximum Gasteiger partial charge on any atom is 0.127 e. The summed E-state index contributed by atoms with van der Waals surface area (Å²) in [5, 5.41) is 0. The fourth-order valence-electron chi connectivity index (χ4n) is 0.975. The lowest BCUT2D eigenvalue weighted by Crippen LogP contribution is -1.96. The molecular weight excluding hydrogens is 175 g/mol. The van der Waals surface area contributed by atoms with Crippen LogP contribution in [0.15, 0.2) is 23.1 Å². The van der Waals surface area contributed by atoms with E-state index in [2.05, 4.69) is 12.6 Å². The molecule has 0 radical (unpaired) electrons. The van der Waals surface area contributed by atoms with Crippen molar-refractivity contribution in [2.75, 3.05) is 0 Å². The number of halogens is 1. The molecule has 1 rings (SSSR count). The second-order valence-electron chi connectivity index (χ2n) is 2.63. The monoisotopic (exact) mass is 184 g/mol. The van der Waals surface area contributed by atoms with E-state index in [0.29, 0.717) is 4.90 Å². The predicted molar refractivity (Wildman–Crippen MR) is 48.1 cm³/mol. The molecule has 3 heteroatoms. The van der Waals surface area contributed by atoms with Crippen molar-refractivity contribution in [2.45, 2.75) is 17.7 Å². The lowest BCUT2D eigenvalue weighted by molar-refractivity contribution is -0.108. The molecule has 1 aromatic carbocycles. The molecule has 0 saturated heterocycles. The number of benzene rings is 1. The largest absolute Gasteiger partial charge is 0.303 e. The van der Waals surface area contributed by atoms with Gasteiger partial charge in [-0.3, -0.25) is 0 Å². The van der Waals surface area contributed by atoms with E-state index in [1.165, 1.54) is 12.1 Å². The average molecular weight is 184 g/mol. The Morgan fingerprint density at radius 3 is 2.75 bits per heavy atom. The van der Waals surface area contributed by atoms with Crippen LogP contribution in [0.3, 0.4) is 0 Å². The third kappa shape index (κ3) is 1.85. The zero-order chi connectivity index (χ0) is 9.14. The summed E-state index contributed by atoms with van der Waals surface area (Å²) in [7, 11) is 0. The first-order valence-electron chi connectivity index (χ1n) is 3.59. The van der Waals surface area contributed by atoms with Gasteiger partial charge in [-0.15, -0.1) is 12.6 Å². The molecule has 0 bridgehead atoms. The van der Waals surface area contributed by atoms with Crippen LogP contribution in [0.4, 0.5) is 4.39 Å². The van der Waals surface area contributed by atoms with Crippen LogP contribution in [0.25, 0.3) is 0 Å². The normalized spacial score (nSPS) is 12.6. The first-order chi connectivity index (χ1) is 5.65. The van der Waals surface area contributed by atoms with Crippen LogP contribution in [0.2, 0.25) is 0 Å². The number of carbonyl (C=O) groups excluding carboxylic acids is 1. The minimum Gasteiger partial charge on any atom is -0.303 e. The molecule has 0 aliphatic carbocycles. The van der Waals surface area contributed by atoms with Crippen LogP contribution in [0.1, 0.15) is 18.4 Å². The summed E-state index contributed by atoms with van der Waals surface area (Å²) in [4.78, 5) is 10.9. The van der Waals surface area contributed by atoms with E-state index < -0.39 is 0 Å². The van der Waals surface area contributed by atoms with Crippen molar-refractivity contribution in [2.24, 2.45) is 0 Å². The van der Waals surface area contributed by atoms with Crippen LogP contribution < -0.4 is 0 Å². The topological polar surface area (TPSA) is 17.1 Å². The van der Waals surface area contributed by atoms with E-state index in [0.717, 1.165) is 11.8 Å².